The van der Waals surface area contributed by atoms with E-state index in [1.807, 2.05) is 45.0 Å². The van der Waals surface area contributed by atoms with E-state index < -0.39 is 12.1 Å². The van der Waals surface area contributed by atoms with Gasteiger partial charge in [-0.25, -0.2) is 0 Å². The first kappa shape index (κ1) is 19.7. The highest BCUT2D eigenvalue weighted by Crippen LogP contribution is 2.24. The highest BCUT2D eigenvalue weighted by molar-refractivity contribution is 5.95. The number of ether oxygens (including phenoxy) is 1. The molecule has 1 aromatic carbocycles. The van der Waals surface area contributed by atoms with Gasteiger partial charge in [-0.3, -0.25) is 14.7 Å². The molecule has 2 atom stereocenters. The highest BCUT2D eigenvalue weighted by atomic mass is 16.5. The minimum Gasteiger partial charge on any atom is -0.453 e. The molecule has 0 saturated carbocycles. The van der Waals surface area contributed by atoms with Crippen molar-refractivity contribution in [1.82, 2.24) is 10.2 Å². The average Bonchev–Trinajstić information content (AvgIpc) is 2.93. The van der Waals surface area contributed by atoms with Crippen molar-refractivity contribution in [2.75, 3.05) is 5.32 Å². The number of aromatic amines is 1. The largest absolute Gasteiger partial charge is 0.453 e. The summed E-state index contributed by atoms with van der Waals surface area (Å²) >= 11 is 0. The fourth-order valence-electron chi connectivity index (χ4n) is 3.00. The highest BCUT2D eigenvalue weighted by Gasteiger charge is 2.22. The molecule has 0 aliphatic heterocycles. The van der Waals surface area contributed by atoms with E-state index in [0.29, 0.717) is 5.69 Å². The maximum Gasteiger partial charge on any atom is 0.307 e. The first-order valence-electron chi connectivity index (χ1n) is 8.92. The molecule has 140 valence electrons. The van der Waals surface area contributed by atoms with Crippen LogP contribution in [0.4, 0.5) is 5.69 Å². The molecule has 0 aliphatic carbocycles. The Hall–Kier alpha value is -2.63. The molecule has 1 heterocycles. The average molecular weight is 357 g/mol. The summed E-state index contributed by atoms with van der Waals surface area (Å²) in [6.07, 6.45) is 0.284. The molecule has 2 N–H and O–H groups in total. The summed E-state index contributed by atoms with van der Waals surface area (Å²) in [4.78, 5) is 24.4. The lowest BCUT2D eigenvalue weighted by atomic mass is 9.96. The minimum atomic E-state index is -0.855. The first-order chi connectivity index (χ1) is 12.3. The zero-order valence-electron chi connectivity index (χ0n) is 16.1. The molecule has 6 nitrogen and oxygen atoms in total. The summed E-state index contributed by atoms with van der Waals surface area (Å²) in [5.41, 5.74) is 4.73. The van der Waals surface area contributed by atoms with Gasteiger partial charge in [-0.1, -0.05) is 26.0 Å². The van der Waals surface area contributed by atoms with Gasteiger partial charge in [-0.15, -0.1) is 0 Å². The second-order valence-electron chi connectivity index (χ2n) is 6.62. The van der Waals surface area contributed by atoms with Crippen molar-refractivity contribution in [3.05, 3.63) is 46.8 Å². The number of nitrogens with zero attached hydrogens (tertiary/aromatic N) is 1. The number of aromatic nitrogens is 2. The molecule has 1 aromatic heterocycles. The van der Waals surface area contributed by atoms with Crippen molar-refractivity contribution in [2.45, 2.75) is 59.5 Å². The van der Waals surface area contributed by atoms with E-state index in [9.17, 15) is 9.59 Å². The second-order valence-corrected chi connectivity index (χ2v) is 6.62. The molecule has 0 spiro atoms. The molecule has 0 fully saturated rings. The fraction of sp³-hybridized carbons (Fsp3) is 0.450. The predicted octanol–water partition coefficient (Wildman–Crippen LogP) is 3.65. The normalized spacial score (nSPS) is 13.1. The summed E-state index contributed by atoms with van der Waals surface area (Å²) < 4.78 is 5.30. The number of carbonyl (C=O) groups is 2. The fourth-order valence-corrected chi connectivity index (χ4v) is 3.00. The van der Waals surface area contributed by atoms with Crippen molar-refractivity contribution in [3.63, 3.8) is 0 Å². The summed E-state index contributed by atoms with van der Waals surface area (Å²) in [6, 6.07) is 7.61. The summed E-state index contributed by atoms with van der Waals surface area (Å²) in [5.74, 6) is -0.773. The molecule has 0 bridgehead atoms. The number of benzene rings is 1. The zero-order chi connectivity index (χ0) is 19.3. The van der Waals surface area contributed by atoms with Crippen LogP contribution in [0, 0.1) is 13.8 Å². The van der Waals surface area contributed by atoms with Crippen LogP contribution >= 0.6 is 0 Å². The molecule has 0 unspecified atom stereocenters. The van der Waals surface area contributed by atoms with Gasteiger partial charge in [-0.2, -0.15) is 5.10 Å². The third-order valence-corrected chi connectivity index (χ3v) is 4.46. The maximum absolute atomic E-state index is 12.2. The van der Waals surface area contributed by atoms with E-state index in [1.54, 1.807) is 6.92 Å². The molecule has 2 aromatic rings. The van der Waals surface area contributed by atoms with E-state index >= 15 is 0 Å². The summed E-state index contributed by atoms with van der Waals surface area (Å²) in [5, 5.41) is 9.84. The van der Waals surface area contributed by atoms with Crippen molar-refractivity contribution in [3.8, 4) is 0 Å². The summed E-state index contributed by atoms with van der Waals surface area (Å²) in [7, 11) is 0. The third kappa shape index (κ3) is 4.94. The molecule has 1 amide bonds. The van der Waals surface area contributed by atoms with Gasteiger partial charge in [0, 0.05) is 11.4 Å². The molecule has 26 heavy (non-hydrogen) atoms. The molecule has 6 heteroatoms. The Labute approximate surface area is 154 Å². The van der Waals surface area contributed by atoms with Gasteiger partial charge in [0.2, 0.25) is 0 Å². The zero-order valence-corrected chi connectivity index (χ0v) is 16.1. The van der Waals surface area contributed by atoms with Crippen molar-refractivity contribution in [2.24, 2.45) is 0 Å². The standard InChI is InChI=1S/C20H27N3O3/c1-6-16-7-9-17(10-8-16)21-20(25)15(5)26-18(24)11-12(2)19-13(3)22-23-14(19)4/h7-10,12,15H,6,11H2,1-5H3,(H,21,25)(H,22,23)/t12-,15+/m1/s1. The Balaban J connectivity index is 1.88. The van der Waals surface area contributed by atoms with Crippen molar-refractivity contribution in [1.29, 1.82) is 0 Å². The monoisotopic (exact) mass is 357 g/mol. The van der Waals surface area contributed by atoms with Gasteiger partial charge in [0.25, 0.3) is 5.91 Å². The smallest absolute Gasteiger partial charge is 0.307 e. The van der Waals surface area contributed by atoms with Crippen LogP contribution in [-0.2, 0) is 20.7 Å². The van der Waals surface area contributed by atoms with E-state index in [2.05, 4.69) is 22.4 Å². The quantitative estimate of drug-likeness (QED) is 0.741. The number of aryl methyl sites for hydroxylation is 3. The lowest BCUT2D eigenvalue weighted by Crippen LogP contribution is -2.30. The van der Waals surface area contributed by atoms with Gasteiger partial charge >= 0.3 is 5.97 Å². The molecule has 0 aliphatic rings. The molecular formula is C20H27N3O3. The minimum absolute atomic E-state index is 0.0295. The van der Waals surface area contributed by atoms with Crippen LogP contribution in [0.1, 0.15) is 55.6 Å². The number of esters is 1. The van der Waals surface area contributed by atoms with Crippen molar-refractivity contribution >= 4 is 17.6 Å². The van der Waals surface area contributed by atoms with Crippen molar-refractivity contribution < 1.29 is 14.3 Å². The number of hydrogen-bond donors (Lipinski definition) is 2. The maximum atomic E-state index is 12.2. The topological polar surface area (TPSA) is 84.1 Å². The summed E-state index contributed by atoms with van der Waals surface area (Å²) in [6.45, 7) is 9.43. The van der Waals surface area contributed by atoms with Crippen LogP contribution in [0.5, 0.6) is 0 Å². The Morgan fingerprint density at radius 2 is 1.85 bits per heavy atom. The number of hydrogen-bond acceptors (Lipinski definition) is 4. The van der Waals surface area contributed by atoms with Crippen LogP contribution in [0.15, 0.2) is 24.3 Å². The predicted molar refractivity (Wildman–Crippen MR) is 101 cm³/mol. The number of carbonyl (C=O) groups excluding carboxylic acids is 2. The van der Waals surface area contributed by atoms with Crippen LogP contribution in [0.3, 0.4) is 0 Å². The van der Waals surface area contributed by atoms with Crippen LogP contribution in [0.25, 0.3) is 0 Å². The van der Waals surface area contributed by atoms with E-state index in [1.165, 1.54) is 5.56 Å². The number of nitrogens with one attached hydrogen (secondary N) is 2. The van der Waals surface area contributed by atoms with Gasteiger partial charge in [0.05, 0.1) is 12.1 Å². The third-order valence-electron chi connectivity index (χ3n) is 4.46. The lowest BCUT2D eigenvalue weighted by molar-refractivity contribution is -0.153. The molecule has 2 rings (SSSR count). The van der Waals surface area contributed by atoms with E-state index in [4.69, 9.17) is 4.74 Å². The van der Waals surface area contributed by atoms with Gasteiger partial charge in [-0.05, 0) is 56.4 Å². The number of H-pyrrole nitrogens is 1. The molecular weight excluding hydrogens is 330 g/mol. The second kappa shape index (κ2) is 8.65. The molecule has 0 saturated heterocycles. The van der Waals surface area contributed by atoms with Crippen LogP contribution in [-0.4, -0.2) is 28.2 Å². The van der Waals surface area contributed by atoms with Crippen LogP contribution < -0.4 is 5.32 Å². The molecule has 0 radical (unpaired) electrons. The van der Waals surface area contributed by atoms with Gasteiger partial charge in [0.1, 0.15) is 0 Å². The van der Waals surface area contributed by atoms with E-state index in [0.717, 1.165) is 23.4 Å². The van der Waals surface area contributed by atoms with Crippen LogP contribution in [0.2, 0.25) is 0 Å². The number of amides is 1. The SMILES string of the molecule is CCc1ccc(NC(=O)[C@H](C)OC(=O)C[C@@H](C)c2c(C)n[nH]c2C)cc1. The Morgan fingerprint density at radius 1 is 1.19 bits per heavy atom. The number of rotatable bonds is 7. The first-order valence-corrected chi connectivity index (χ1v) is 8.92. The Kier molecular flexibility index (Phi) is 6.55. The van der Waals surface area contributed by atoms with Gasteiger partial charge in [0.15, 0.2) is 6.10 Å². The number of anilines is 1. The van der Waals surface area contributed by atoms with Gasteiger partial charge < -0.3 is 10.1 Å². The van der Waals surface area contributed by atoms with E-state index in [-0.39, 0.29) is 18.2 Å². The Bertz CT molecular complexity index is 746. The lowest BCUT2D eigenvalue weighted by Gasteiger charge is -2.16. The Morgan fingerprint density at radius 3 is 2.38 bits per heavy atom.